The summed E-state index contributed by atoms with van der Waals surface area (Å²) in [6, 6.07) is 0. The number of aliphatic hydroxyl groups is 1. The van der Waals surface area contributed by atoms with Gasteiger partial charge in [-0.2, -0.15) is 0 Å². The fourth-order valence-corrected chi connectivity index (χ4v) is 0.413. The number of amides is 1. The molecule has 0 aromatic carbocycles. The van der Waals surface area contributed by atoms with Crippen LogP contribution in [0.4, 0.5) is 0 Å². The summed E-state index contributed by atoms with van der Waals surface area (Å²) in [5.41, 5.74) is 4.51. The monoisotopic (exact) mass is 114 g/mol. The van der Waals surface area contributed by atoms with E-state index in [9.17, 15) is 4.79 Å². The van der Waals surface area contributed by atoms with Gasteiger partial charge in [-0.1, -0.05) is 0 Å². The third-order valence-corrected chi connectivity index (χ3v) is 0.773. The molecule has 4 nitrogen and oxygen atoms in total. The molecule has 1 heterocycles. The Morgan fingerprint density at radius 3 is 2.88 bits per heavy atom. The zero-order chi connectivity index (χ0) is 5.98. The molecule has 1 amide bonds. The van der Waals surface area contributed by atoms with Gasteiger partial charge in [-0.15, -0.1) is 0 Å². The number of hydrogen-bond donors (Lipinski definition) is 3. The van der Waals surface area contributed by atoms with Crippen molar-refractivity contribution in [3.8, 4) is 0 Å². The van der Waals surface area contributed by atoms with Crippen LogP contribution in [0, 0.1) is 0 Å². The minimum Gasteiger partial charge on any atom is -0.373 e. The van der Waals surface area contributed by atoms with Crippen LogP contribution in [0.15, 0.2) is 12.2 Å². The van der Waals surface area contributed by atoms with Crippen LogP contribution in [0.5, 0.6) is 0 Å². The van der Waals surface area contributed by atoms with Gasteiger partial charge in [-0.05, 0) is 6.08 Å². The van der Waals surface area contributed by atoms with E-state index in [-0.39, 0.29) is 5.91 Å². The fourth-order valence-electron chi connectivity index (χ4n) is 0.413. The van der Waals surface area contributed by atoms with Crippen molar-refractivity contribution in [2.45, 2.75) is 6.23 Å². The summed E-state index contributed by atoms with van der Waals surface area (Å²) in [5, 5.41) is 8.61. The van der Waals surface area contributed by atoms with Crippen LogP contribution < -0.4 is 10.9 Å². The Bertz CT molecular complexity index is 132. The lowest BCUT2D eigenvalue weighted by molar-refractivity contribution is -0.119. The van der Waals surface area contributed by atoms with Crippen LogP contribution >= 0.6 is 0 Å². The first-order valence-corrected chi connectivity index (χ1v) is 2.21. The highest BCUT2D eigenvalue weighted by atomic mass is 16.3. The topological polar surface area (TPSA) is 61.4 Å². The number of rotatable bonds is 0. The van der Waals surface area contributed by atoms with Gasteiger partial charge in [0, 0.05) is 6.08 Å². The van der Waals surface area contributed by atoms with Crippen LogP contribution in [0.25, 0.3) is 0 Å². The third-order valence-electron chi connectivity index (χ3n) is 0.773. The van der Waals surface area contributed by atoms with E-state index in [0.29, 0.717) is 0 Å². The van der Waals surface area contributed by atoms with Gasteiger partial charge in [-0.25, -0.2) is 5.43 Å². The van der Waals surface area contributed by atoms with E-state index >= 15 is 0 Å². The van der Waals surface area contributed by atoms with Gasteiger partial charge in [0.25, 0.3) is 5.91 Å². The van der Waals surface area contributed by atoms with E-state index in [0.717, 1.165) is 0 Å². The van der Waals surface area contributed by atoms with Crippen LogP contribution in [0.2, 0.25) is 0 Å². The van der Waals surface area contributed by atoms with Crippen molar-refractivity contribution in [1.82, 2.24) is 10.9 Å². The maximum Gasteiger partial charge on any atom is 0.257 e. The summed E-state index contributed by atoms with van der Waals surface area (Å²) < 4.78 is 0. The highest BCUT2D eigenvalue weighted by molar-refractivity contribution is 5.87. The van der Waals surface area contributed by atoms with E-state index in [1.807, 2.05) is 0 Å². The number of carbonyl (C=O) groups is 1. The molecular formula is C4H6N2O2. The quantitative estimate of drug-likeness (QED) is 0.359. The number of carbonyl (C=O) groups excluding carboxylic acids is 1. The molecule has 0 spiro atoms. The second-order valence-corrected chi connectivity index (χ2v) is 1.44. The lowest BCUT2D eigenvalue weighted by Crippen LogP contribution is -2.45. The van der Waals surface area contributed by atoms with E-state index < -0.39 is 6.23 Å². The molecule has 1 unspecified atom stereocenters. The fraction of sp³-hybridized carbons (Fsp3) is 0.250. The number of aliphatic hydroxyl groups excluding tert-OH is 1. The molecule has 44 valence electrons. The summed E-state index contributed by atoms with van der Waals surface area (Å²) in [6.45, 7) is 0. The minimum atomic E-state index is -0.743. The van der Waals surface area contributed by atoms with Gasteiger partial charge in [0.15, 0.2) is 0 Å². The predicted octanol–water partition coefficient (Wildman–Crippen LogP) is -1.50. The molecule has 0 aromatic heterocycles. The Morgan fingerprint density at radius 2 is 2.50 bits per heavy atom. The molecule has 1 rings (SSSR count). The molecule has 1 aliphatic heterocycles. The van der Waals surface area contributed by atoms with Crippen molar-refractivity contribution in [2.75, 3.05) is 0 Å². The minimum absolute atomic E-state index is 0.240. The number of nitrogens with one attached hydrogen (secondary N) is 2. The summed E-state index contributed by atoms with van der Waals surface area (Å²) in [6.07, 6.45) is 1.88. The zero-order valence-corrected chi connectivity index (χ0v) is 4.09. The van der Waals surface area contributed by atoms with E-state index in [1.54, 1.807) is 0 Å². The second kappa shape index (κ2) is 1.94. The smallest absolute Gasteiger partial charge is 0.257 e. The summed E-state index contributed by atoms with van der Waals surface area (Å²) in [4.78, 5) is 10.2. The van der Waals surface area contributed by atoms with Gasteiger partial charge in [-0.3, -0.25) is 10.2 Å². The van der Waals surface area contributed by atoms with Gasteiger partial charge in [0.2, 0.25) is 0 Å². The maximum absolute atomic E-state index is 10.2. The normalized spacial score (nSPS) is 27.6. The zero-order valence-electron chi connectivity index (χ0n) is 4.09. The van der Waals surface area contributed by atoms with E-state index in [1.165, 1.54) is 12.2 Å². The van der Waals surface area contributed by atoms with Crippen molar-refractivity contribution in [3.63, 3.8) is 0 Å². The van der Waals surface area contributed by atoms with Crippen molar-refractivity contribution in [2.24, 2.45) is 0 Å². The van der Waals surface area contributed by atoms with Gasteiger partial charge in [0.05, 0.1) is 0 Å². The maximum atomic E-state index is 10.2. The van der Waals surface area contributed by atoms with Gasteiger partial charge >= 0.3 is 0 Å². The van der Waals surface area contributed by atoms with Gasteiger partial charge < -0.3 is 5.11 Å². The van der Waals surface area contributed by atoms with Crippen LogP contribution in [0.1, 0.15) is 0 Å². The molecule has 1 atom stereocenters. The Morgan fingerprint density at radius 1 is 1.75 bits per heavy atom. The Hall–Kier alpha value is -0.870. The second-order valence-electron chi connectivity index (χ2n) is 1.44. The molecule has 4 heteroatoms. The van der Waals surface area contributed by atoms with Crippen LogP contribution in [0.3, 0.4) is 0 Å². The molecule has 0 radical (unpaired) electrons. The average molecular weight is 114 g/mol. The van der Waals surface area contributed by atoms with Crippen molar-refractivity contribution < 1.29 is 9.90 Å². The van der Waals surface area contributed by atoms with Crippen molar-refractivity contribution >= 4 is 5.91 Å². The Labute approximate surface area is 46.2 Å². The van der Waals surface area contributed by atoms with Crippen molar-refractivity contribution in [1.29, 1.82) is 0 Å². The molecule has 0 aliphatic carbocycles. The summed E-state index contributed by atoms with van der Waals surface area (Å²) in [5.74, 6) is -0.240. The highest BCUT2D eigenvalue weighted by Gasteiger charge is 2.04. The molecule has 0 fully saturated rings. The van der Waals surface area contributed by atoms with Crippen LogP contribution in [-0.2, 0) is 4.79 Å². The molecule has 0 aromatic rings. The largest absolute Gasteiger partial charge is 0.373 e. The SMILES string of the molecule is O=C1C=CC(O)NN1. The van der Waals surface area contributed by atoms with Crippen LogP contribution in [-0.4, -0.2) is 17.2 Å². The number of hydrazine groups is 1. The molecule has 0 bridgehead atoms. The average Bonchev–Trinajstić information content (AvgIpc) is 1.77. The Kier molecular flexibility index (Phi) is 1.27. The third kappa shape index (κ3) is 1.05. The summed E-state index contributed by atoms with van der Waals surface area (Å²) in [7, 11) is 0. The van der Waals surface area contributed by atoms with E-state index in [4.69, 9.17) is 5.11 Å². The predicted molar refractivity (Wildman–Crippen MR) is 26.4 cm³/mol. The standard InChI is InChI=1S/C4H6N2O2/c7-3-1-2-4(8)6-5-3/h1-3,5,7H,(H,6,8). The first-order chi connectivity index (χ1) is 3.79. The molecule has 8 heavy (non-hydrogen) atoms. The first kappa shape index (κ1) is 5.27. The number of hydrogen-bond acceptors (Lipinski definition) is 3. The first-order valence-electron chi connectivity index (χ1n) is 2.21. The van der Waals surface area contributed by atoms with E-state index in [2.05, 4.69) is 10.9 Å². The van der Waals surface area contributed by atoms with Crippen molar-refractivity contribution in [3.05, 3.63) is 12.2 Å². The molecule has 3 N–H and O–H groups in total. The lowest BCUT2D eigenvalue weighted by atomic mass is 10.4. The van der Waals surface area contributed by atoms with Gasteiger partial charge in [0.1, 0.15) is 6.23 Å². The molecular weight excluding hydrogens is 108 g/mol. The Balaban J connectivity index is 2.55. The highest BCUT2D eigenvalue weighted by Crippen LogP contribution is 1.83. The molecule has 1 aliphatic rings. The summed E-state index contributed by atoms with van der Waals surface area (Å²) >= 11 is 0. The molecule has 0 saturated carbocycles. The molecule has 0 saturated heterocycles. The lowest BCUT2D eigenvalue weighted by Gasteiger charge is -2.12.